The van der Waals surface area contributed by atoms with Crippen LogP contribution in [0.15, 0.2) is 24.9 Å². The zero-order valence-electron chi connectivity index (χ0n) is 11.2. The van der Waals surface area contributed by atoms with E-state index in [0.717, 1.165) is 31.8 Å². The zero-order valence-corrected chi connectivity index (χ0v) is 11.2. The number of aromatic nitrogens is 4. The van der Waals surface area contributed by atoms with E-state index in [9.17, 15) is 0 Å². The predicted octanol–water partition coefficient (Wildman–Crippen LogP) is 2.05. The minimum absolute atomic E-state index is 0.486. The van der Waals surface area contributed by atoms with Gasteiger partial charge in [0, 0.05) is 37.6 Å². The summed E-state index contributed by atoms with van der Waals surface area (Å²) < 4.78 is 2.28. The van der Waals surface area contributed by atoms with Crippen LogP contribution in [0.1, 0.15) is 43.2 Å². The Morgan fingerprint density at radius 1 is 1.37 bits per heavy atom. The number of piperidine rings is 1. The molecule has 3 heterocycles. The highest BCUT2D eigenvalue weighted by Crippen LogP contribution is 2.22. The van der Waals surface area contributed by atoms with Crippen LogP contribution < -0.4 is 5.32 Å². The summed E-state index contributed by atoms with van der Waals surface area (Å²) >= 11 is 0. The number of nitrogens with one attached hydrogen (secondary N) is 2. The molecule has 0 aliphatic carbocycles. The van der Waals surface area contributed by atoms with Crippen molar-refractivity contribution in [2.24, 2.45) is 0 Å². The van der Waals surface area contributed by atoms with Crippen molar-refractivity contribution >= 4 is 0 Å². The minimum atomic E-state index is 0.486. The van der Waals surface area contributed by atoms with Crippen molar-refractivity contribution in [2.45, 2.75) is 44.7 Å². The van der Waals surface area contributed by atoms with Crippen molar-refractivity contribution in [3.63, 3.8) is 0 Å². The van der Waals surface area contributed by atoms with E-state index in [2.05, 4.69) is 24.8 Å². The molecule has 0 spiro atoms. The Morgan fingerprint density at radius 3 is 3.16 bits per heavy atom. The van der Waals surface area contributed by atoms with Crippen molar-refractivity contribution in [2.75, 3.05) is 6.54 Å². The smallest absolute Gasteiger partial charge is 0.106 e. The Kier molecular flexibility index (Phi) is 3.93. The number of H-pyrrole nitrogens is 1. The fraction of sp³-hybridized carbons (Fsp3) is 0.571. The van der Waals surface area contributed by atoms with Crippen LogP contribution in [0, 0.1) is 0 Å². The van der Waals surface area contributed by atoms with Crippen LogP contribution in [0.3, 0.4) is 0 Å². The lowest BCUT2D eigenvalue weighted by atomic mass is 10.0. The van der Waals surface area contributed by atoms with Gasteiger partial charge in [-0.15, -0.1) is 0 Å². The number of hydrogen-bond donors (Lipinski definition) is 2. The van der Waals surface area contributed by atoms with Crippen LogP contribution in [0.25, 0.3) is 0 Å². The lowest BCUT2D eigenvalue weighted by Crippen LogP contribution is -2.28. The molecule has 1 atom stereocenters. The van der Waals surface area contributed by atoms with Gasteiger partial charge in [0.15, 0.2) is 0 Å². The van der Waals surface area contributed by atoms with Gasteiger partial charge >= 0.3 is 0 Å². The second-order valence-electron chi connectivity index (χ2n) is 5.15. The van der Waals surface area contributed by atoms with E-state index in [-0.39, 0.29) is 0 Å². The summed E-state index contributed by atoms with van der Waals surface area (Å²) in [4.78, 5) is 11.7. The number of aromatic amines is 1. The monoisotopic (exact) mass is 259 g/mol. The van der Waals surface area contributed by atoms with Crippen LogP contribution in [-0.2, 0) is 13.0 Å². The van der Waals surface area contributed by atoms with Gasteiger partial charge in [0.2, 0.25) is 0 Å². The molecular weight excluding hydrogens is 238 g/mol. The number of nitrogens with zero attached hydrogens (tertiary/aromatic N) is 3. The number of aryl methyl sites for hydroxylation is 2. The molecule has 3 rings (SSSR count). The van der Waals surface area contributed by atoms with Crippen LogP contribution in [-0.4, -0.2) is 26.1 Å². The first-order chi connectivity index (χ1) is 9.43. The molecule has 2 aromatic heterocycles. The second-order valence-corrected chi connectivity index (χ2v) is 5.15. The lowest BCUT2D eigenvalue weighted by molar-refractivity contribution is 0.391. The van der Waals surface area contributed by atoms with Crippen molar-refractivity contribution in [3.8, 4) is 0 Å². The molecule has 5 nitrogen and oxygen atoms in total. The summed E-state index contributed by atoms with van der Waals surface area (Å²) in [5.41, 5.74) is 1.33. The lowest BCUT2D eigenvalue weighted by Gasteiger charge is -2.24. The van der Waals surface area contributed by atoms with E-state index >= 15 is 0 Å². The summed E-state index contributed by atoms with van der Waals surface area (Å²) in [6.07, 6.45) is 13.6. The van der Waals surface area contributed by atoms with Gasteiger partial charge in [-0.05, 0) is 25.8 Å². The largest absolute Gasteiger partial charge is 0.349 e. The van der Waals surface area contributed by atoms with Gasteiger partial charge in [-0.2, -0.15) is 0 Å². The number of imidazole rings is 2. The van der Waals surface area contributed by atoms with Crippen LogP contribution in [0.2, 0.25) is 0 Å². The standard InChI is InChI=1S/C14H21N5/c1-2-6-16-12(4-1)13-10-15-11-19(13)9-3-5-14-17-7-8-18-14/h7-8,10-12,16H,1-6,9H2,(H,17,18). The molecule has 19 heavy (non-hydrogen) atoms. The highest BCUT2D eigenvalue weighted by Gasteiger charge is 2.18. The van der Waals surface area contributed by atoms with Gasteiger partial charge in [0.25, 0.3) is 0 Å². The van der Waals surface area contributed by atoms with Gasteiger partial charge in [-0.1, -0.05) is 6.42 Å². The fourth-order valence-corrected chi connectivity index (χ4v) is 2.76. The first-order valence-electron chi connectivity index (χ1n) is 7.15. The predicted molar refractivity (Wildman–Crippen MR) is 73.7 cm³/mol. The molecule has 1 unspecified atom stereocenters. The molecule has 1 aliphatic rings. The van der Waals surface area contributed by atoms with E-state index in [1.54, 1.807) is 0 Å². The quantitative estimate of drug-likeness (QED) is 0.864. The molecule has 1 saturated heterocycles. The average molecular weight is 259 g/mol. The molecule has 2 N–H and O–H groups in total. The molecule has 0 saturated carbocycles. The van der Waals surface area contributed by atoms with Gasteiger partial charge in [-0.3, -0.25) is 0 Å². The molecule has 1 aliphatic heterocycles. The molecular formula is C14H21N5. The van der Waals surface area contributed by atoms with E-state index in [0.29, 0.717) is 6.04 Å². The van der Waals surface area contributed by atoms with E-state index in [1.165, 1.54) is 25.0 Å². The Hall–Kier alpha value is -1.62. The third-order valence-corrected chi connectivity index (χ3v) is 3.78. The van der Waals surface area contributed by atoms with Crippen LogP contribution in [0.4, 0.5) is 0 Å². The SMILES string of the molecule is c1c[nH]c(CCCn2cncc2C2CCCCN2)n1. The third-order valence-electron chi connectivity index (χ3n) is 3.78. The van der Waals surface area contributed by atoms with Crippen molar-refractivity contribution in [1.29, 1.82) is 0 Å². The molecule has 0 radical (unpaired) electrons. The minimum Gasteiger partial charge on any atom is -0.349 e. The average Bonchev–Trinajstić information content (AvgIpc) is 3.11. The van der Waals surface area contributed by atoms with E-state index < -0.39 is 0 Å². The maximum absolute atomic E-state index is 4.31. The Morgan fingerprint density at radius 2 is 2.37 bits per heavy atom. The fourth-order valence-electron chi connectivity index (χ4n) is 2.76. The van der Waals surface area contributed by atoms with Crippen molar-refractivity contribution < 1.29 is 0 Å². The summed E-state index contributed by atoms with van der Waals surface area (Å²) in [5, 5.41) is 3.59. The number of rotatable bonds is 5. The maximum atomic E-state index is 4.31. The van der Waals surface area contributed by atoms with Crippen LogP contribution >= 0.6 is 0 Å². The van der Waals surface area contributed by atoms with Crippen LogP contribution in [0.5, 0.6) is 0 Å². The first-order valence-corrected chi connectivity index (χ1v) is 7.15. The second kappa shape index (κ2) is 6.02. The van der Waals surface area contributed by atoms with Crippen molar-refractivity contribution in [3.05, 3.63) is 36.4 Å². The first kappa shape index (κ1) is 12.4. The van der Waals surface area contributed by atoms with Gasteiger partial charge in [-0.25, -0.2) is 9.97 Å². The summed E-state index contributed by atoms with van der Waals surface area (Å²) in [5.74, 6) is 1.07. The number of hydrogen-bond acceptors (Lipinski definition) is 3. The molecule has 1 fully saturated rings. The maximum Gasteiger partial charge on any atom is 0.106 e. The Labute approximate surface area is 113 Å². The Bertz CT molecular complexity index is 482. The molecule has 0 amide bonds. The topological polar surface area (TPSA) is 58.5 Å². The van der Waals surface area contributed by atoms with Gasteiger partial charge < -0.3 is 14.9 Å². The van der Waals surface area contributed by atoms with Gasteiger partial charge in [0.1, 0.15) is 5.82 Å². The Balaban J connectivity index is 1.57. The molecule has 5 heteroatoms. The summed E-state index contributed by atoms with van der Waals surface area (Å²) in [7, 11) is 0. The summed E-state index contributed by atoms with van der Waals surface area (Å²) in [6.45, 7) is 2.14. The molecule has 0 aromatic carbocycles. The highest BCUT2D eigenvalue weighted by atomic mass is 15.1. The molecule has 0 bridgehead atoms. The van der Waals surface area contributed by atoms with E-state index in [1.807, 2.05) is 24.9 Å². The summed E-state index contributed by atoms with van der Waals surface area (Å²) in [6, 6.07) is 0.486. The van der Waals surface area contributed by atoms with E-state index in [4.69, 9.17) is 0 Å². The highest BCUT2D eigenvalue weighted by molar-refractivity contribution is 5.06. The molecule has 102 valence electrons. The zero-order chi connectivity index (χ0) is 12.9. The molecule has 2 aromatic rings. The third kappa shape index (κ3) is 3.04. The van der Waals surface area contributed by atoms with Crippen molar-refractivity contribution in [1.82, 2.24) is 24.8 Å². The van der Waals surface area contributed by atoms with Gasteiger partial charge in [0.05, 0.1) is 12.0 Å². The normalized spacial score (nSPS) is 19.7.